The first kappa shape index (κ1) is 21.4. The molecule has 11 heteroatoms. The molecule has 0 bridgehead atoms. The van der Waals surface area contributed by atoms with Crippen LogP contribution in [0.5, 0.6) is 5.75 Å². The molecular weight excluding hydrogens is 423 g/mol. The number of aromatic nitrogens is 2. The summed E-state index contributed by atoms with van der Waals surface area (Å²) in [6.07, 6.45) is 1.61. The van der Waals surface area contributed by atoms with E-state index >= 15 is 0 Å². The van der Waals surface area contributed by atoms with Crippen molar-refractivity contribution in [1.82, 2.24) is 4.52 Å². The van der Waals surface area contributed by atoms with Crippen molar-refractivity contribution in [3.63, 3.8) is 0 Å². The van der Waals surface area contributed by atoms with Gasteiger partial charge < -0.3 is 9.29 Å². The Hall–Kier alpha value is -3.36. The molecule has 2 aromatic carbocycles. The quantitative estimate of drug-likeness (QED) is 0.258. The van der Waals surface area contributed by atoms with Crippen molar-refractivity contribution >= 4 is 43.5 Å². The van der Waals surface area contributed by atoms with Crippen LogP contribution in [0.1, 0.15) is 0 Å². The van der Waals surface area contributed by atoms with E-state index in [9.17, 15) is 18.4 Å². The van der Waals surface area contributed by atoms with Gasteiger partial charge in [0.05, 0.1) is 18.6 Å². The standard InChI is InChI=1S/C18H14N3O.CHF3O3S/c1-20-16-6-4-3-5-14(16)18-13(9-10-19)15-11-12(22-2)7-8-17(15)21(18)20;2-1(3,4)8(5,6)7/h3-9,11H,1-2H3;(H,5,6,7)/q+1;/p-1/b13-9-;. The zero-order chi connectivity index (χ0) is 22.3. The lowest BCUT2D eigenvalue weighted by Crippen LogP contribution is -2.34. The highest BCUT2D eigenvalue weighted by Crippen LogP contribution is 2.24. The highest BCUT2D eigenvalue weighted by molar-refractivity contribution is 7.86. The van der Waals surface area contributed by atoms with Crippen molar-refractivity contribution in [2.75, 3.05) is 7.11 Å². The minimum Gasteiger partial charge on any atom is -0.741 e. The number of alkyl halides is 3. The number of rotatable bonds is 1. The van der Waals surface area contributed by atoms with Gasteiger partial charge in [-0.15, -0.1) is 9.20 Å². The summed E-state index contributed by atoms with van der Waals surface area (Å²) in [5.41, 5.74) is -2.38. The van der Waals surface area contributed by atoms with E-state index in [1.54, 1.807) is 13.2 Å². The molecule has 156 valence electrons. The summed E-state index contributed by atoms with van der Waals surface area (Å²) in [4.78, 5) is 0. The molecule has 0 fully saturated rings. The Bertz CT molecular complexity index is 1470. The van der Waals surface area contributed by atoms with E-state index in [4.69, 9.17) is 17.7 Å². The monoisotopic (exact) mass is 437 g/mol. The minimum absolute atomic E-state index is 0.792. The predicted octanol–water partition coefficient (Wildman–Crippen LogP) is 2.15. The summed E-state index contributed by atoms with van der Waals surface area (Å²) < 4.78 is 68.5. The van der Waals surface area contributed by atoms with E-state index in [0.717, 1.165) is 38.3 Å². The van der Waals surface area contributed by atoms with Gasteiger partial charge in [-0.3, -0.25) is 0 Å². The van der Waals surface area contributed by atoms with Crippen LogP contribution in [-0.2, 0) is 17.2 Å². The van der Waals surface area contributed by atoms with Crippen LogP contribution in [0.15, 0.2) is 42.5 Å². The smallest absolute Gasteiger partial charge is 0.485 e. The first-order chi connectivity index (χ1) is 14.0. The number of ether oxygens (including phenoxy) is 1. The molecule has 0 aliphatic carbocycles. The normalized spacial score (nSPS) is 12.8. The number of hydrogen-bond donors (Lipinski definition) is 0. The summed E-state index contributed by atoms with van der Waals surface area (Å²) in [5.74, 6) is 0.792. The fraction of sp³-hybridized carbons (Fsp3) is 0.158. The maximum Gasteiger partial charge on any atom is 0.485 e. The van der Waals surface area contributed by atoms with Crippen LogP contribution in [0.3, 0.4) is 0 Å². The summed E-state index contributed by atoms with van der Waals surface area (Å²) in [6, 6.07) is 16.4. The van der Waals surface area contributed by atoms with Gasteiger partial charge in [-0.25, -0.2) is 8.42 Å². The Balaban J connectivity index is 0.000000275. The number of aryl methyl sites for hydroxylation is 1. The van der Waals surface area contributed by atoms with E-state index in [-0.39, 0.29) is 0 Å². The number of halogens is 3. The lowest BCUT2D eigenvalue weighted by atomic mass is 10.1. The predicted molar refractivity (Wildman–Crippen MR) is 101 cm³/mol. The molecule has 2 aromatic heterocycles. The van der Waals surface area contributed by atoms with E-state index in [2.05, 4.69) is 27.4 Å². The first-order valence-electron chi connectivity index (χ1n) is 8.32. The maximum absolute atomic E-state index is 10.7. The van der Waals surface area contributed by atoms with Crippen LogP contribution in [0.4, 0.5) is 13.2 Å². The minimum atomic E-state index is -6.09. The molecule has 0 aliphatic heterocycles. The molecule has 0 spiro atoms. The molecular formula is C19H14F3N3O4S. The molecule has 4 rings (SSSR count). The molecule has 0 radical (unpaired) electrons. The van der Waals surface area contributed by atoms with Crippen LogP contribution in [0.25, 0.3) is 33.4 Å². The molecule has 0 atom stereocenters. The molecule has 7 nitrogen and oxygen atoms in total. The van der Waals surface area contributed by atoms with Crippen LogP contribution in [0, 0.1) is 11.3 Å². The van der Waals surface area contributed by atoms with Crippen molar-refractivity contribution in [3.05, 3.63) is 47.7 Å². The molecule has 2 heterocycles. The van der Waals surface area contributed by atoms with Gasteiger partial charge in [0.2, 0.25) is 5.52 Å². The zero-order valence-electron chi connectivity index (χ0n) is 15.6. The lowest BCUT2D eigenvalue weighted by molar-refractivity contribution is -0.711. The summed E-state index contributed by atoms with van der Waals surface area (Å²) >= 11 is 0. The largest absolute Gasteiger partial charge is 0.741 e. The van der Waals surface area contributed by atoms with Gasteiger partial charge >= 0.3 is 5.51 Å². The van der Waals surface area contributed by atoms with Crippen molar-refractivity contribution < 1.29 is 35.6 Å². The van der Waals surface area contributed by atoms with Crippen molar-refractivity contribution in [2.45, 2.75) is 5.51 Å². The Labute approximate surface area is 168 Å². The van der Waals surface area contributed by atoms with Gasteiger partial charge in [0.15, 0.2) is 17.2 Å². The van der Waals surface area contributed by atoms with Gasteiger partial charge in [-0.1, -0.05) is 12.1 Å². The highest BCUT2D eigenvalue weighted by Gasteiger charge is 2.36. The second kappa shape index (κ2) is 7.47. The van der Waals surface area contributed by atoms with Crippen LogP contribution < -0.4 is 14.6 Å². The van der Waals surface area contributed by atoms with Gasteiger partial charge in [0, 0.05) is 22.7 Å². The number of nitriles is 1. The third-order valence-electron chi connectivity index (χ3n) is 4.49. The van der Waals surface area contributed by atoms with Crippen molar-refractivity contribution in [3.8, 4) is 11.8 Å². The molecule has 0 saturated heterocycles. The van der Waals surface area contributed by atoms with Gasteiger partial charge in [0.25, 0.3) is 0 Å². The van der Waals surface area contributed by atoms with Crippen molar-refractivity contribution in [2.24, 2.45) is 7.05 Å². The Morgan fingerprint density at radius 1 is 1.20 bits per heavy atom. The van der Waals surface area contributed by atoms with Gasteiger partial charge in [0.1, 0.15) is 16.8 Å². The molecule has 0 amide bonds. The molecule has 0 saturated carbocycles. The Kier molecular flexibility index (Phi) is 5.32. The second-order valence-corrected chi connectivity index (χ2v) is 7.54. The molecule has 4 aromatic rings. The molecule has 0 unspecified atom stereocenters. The third-order valence-corrected chi connectivity index (χ3v) is 5.06. The molecule has 0 aliphatic rings. The van der Waals surface area contributed by atoms with Crippen LogP contribution in [-0.4, -0.2) is 30.1 Å². The number of fused-ring (bicyclic) bond motifs is 5. The van der Waals surface area contributed by atoms with Crippen LogP contribution in [0.2, 0.25) is 0 Å². The first-order valence-corrected chi connectivity index (χ1v) is 9.73. The maximum atomic E-state index is 10.7. The van der Waals surface area contributed by atoms with E-state index < -0.39 is 15.6 Å². The number of methoxy groups -OCH3 is 1. The number of benzene rings is 2. The molecule has 30 heavy (non-hydrogen) atoms. The fourth-order valence-corrected chi connectivity index (χ4v) is 3.25. The van der Waals surface area contributed by atoms with Gasteiger partial charge in [-0.05, 0) is 24.3 Å². The lowest BCUT2D eigenvalue weighted by Gasteiger charge is -2.08. The average molecular weight is 437 g/mol. The van der Waals surface area contributed by atoms with E-state index in [1.165, 1.54) is 0 Å². The van der Waals surface area contributed by atoms with Crippen LogP contribution >= 0.6 is 0 Å². The van der Waals surface area contributed by atoms with E-state index in [1.807, 2.05) is 37.4 Å². The summed E-state index contributed by atoms with van der Waals surface area (Å²) in [7, 11) is -2.40. The van der Waals surface area contributed by atoms with Gasteiger partial charge in [-0.2, -0.15) is 18.4 Å². The van der Waals surface area contributed by atoms with E-state index in [0.29, 0.717) is 0 Å². The number of hydrogen-bond acceptors (Lipinski definition) is 5. The average Bonchev–Trinajstić information content (AvgIpc) is 3.15. The van der Waals surface area contributed by atoms with Crippen molar-refractivity contribution in [1.29, 1.82) is 5.26 Å². The number of nitrogens with zero attached hydrogens (tertiary/aromatic N) is 3. The molecule has 0 N–H and O–H groups in total. The topological polar surface area (TPSA) is 98.5 Å². The fourth-order valence-electron chi connectivity index (χ4n) is 3.25. The highest BCUT2D eigenvalue weighted by atomic mass is 32.2. The Morgan fingerprint density at radius 3 is 2.40 bits per heavy atom. The Morgan fingerprint density at radius 2 is 1.83 bits per heavy atom. The second-order valence-electron chi connectivity index (χ2n) is 6.17. The third kappa shape index (κ3) is 3.51. The summed E-state index contributed by atoms with van der Waals surface area (Å²) in [6.45, 7) is 0. The SMILES string of the molecule is COc1ccc2c(c1)/c(=C/C#N)c1c3ccccc3[n+](C)n21.O=S(=O)([O-])C(F)(F)F. The zero-order valence-corrected chi connectivity index (χ0v) is 16.5. The summed E-state index contributed by atoms with van der Waals surface area (Å²) in [5, 5.41) is 12.3. The number of para-hydroxylation sites is 1.